The molecule has 0 aliphatic rings. The monoisotopic (exact) mass is 353 g/mol. The Morgan fingerprint density at radius 1 is 1.12 bits per heavy atom. The number of amides is 1. The third-order valence-corrected chi connectivity index (χ3v) is 4.00. The first-order valence-corrected chi connectivity index (χ1v) is 8.23. The molecule has 0 fully saturated rings. The first kappa shape index (κ1) is 17.7. The molecule has 0 saturated carbocycles. The maximum atomic E-state index is 13.3. The summed E-state index contributed by atoms with van der Waals surface area (Å²) in [5.74, 6) is -0.0326. The van der Waals surface area contributed by atoms with Gasteiger partial charge in [0.2, 0.25) is 0 Å². The molecule has 0 aliphatic heterocycles. The third-order valence-electron chi connectivity index (χ3n) is 4.00. The van der Waals surface area contributed by atoms with Gasteiger partial charge in [0, 0.05) is 11.9 Å². The lowest BCUT2D eigenvalue weighted by atomic mass is 10.1. The molecule has 0 unspecified atom stereocenters. The van der Waals surface area contributed by atoms with E-state index in [0.29, 0.717) is 5.69 Å². The molecule has 0 saturated heterocycles. The summed E-state index contributed by atoms with van der Waals surface area (Å²) in [5.41, 5.74) is 3.64. The van der Waals surface area contributed by atoms with E-state index in [-0.39, 0.29) is 12.4 Å². The molecule has 1 heterocycles. The van der Waals surface area contributed by atoms with E-state index in [1.54, 1.807) is 25.3 Å². The Balaban J connectivity index is 1.65. The SMILES string of the molecule is Cc1ccc(OCn2ccc(C(=O)Nc3cc(F)ccc3C)n2)c(C)c1. The highest BCUT2D eigenvalue weighted by atomic mass is 19.1. The number of aryl methyl sites for hydroxylation is 3. The highest BCUT2D eigenvalue weighted by Crippen LogP contribution is 2.19. The van der Waals surface area contributed by atoms with E-state index in [0.717, 1.165) is 16.9 Å². The second-order valence-corrected chi connectivity index (χ2v) is 6.20. The maximum Gasteiger partial charge on any atom is 0.276 e. The third kappa shape index (κ3) is 4.08. The molecule has 0 radical (unpaired) electrons. The number of anilines is 1. The zero-order chi connectivity index (χ0) is 18.7. The van der Waals surface area contributed by atoms with Gasteiger partial charge in [0.1, 0.15) is 11.6 Å². The average molecular weight is 353 g/mol. The van der Waals surface area contributed by atoms with Crippen LogP contribution in [0.1, 0.15) is 27.2 Å². The fourth-order valence-electron chi connectivity index (χ4n) is 2.57. The lowest BCUT2D eigenvalue weighted by molar-refractivity contribution is 0.102. The van der Waals surface area contributed by atoms with Gasteiger partial charge in [-0.05, 0) is 56.2 Å². The second-order valence-electron chi connectivity index (χ2n) is 6.20. The van der Waals surface area contributed by atoms with Crippen LogP contribution in [-0.4, -0.2) is 15.7 Å². The number of halogens is 1. The Kier molecular flexibility index (Phi) is 5.02. The minimum Gasteiger partial charge on any atom is -0.471 e. The van der Waals surface area contributed by atoms with Crippen LogP contribution in [0.5, 0.6) is 5.75 Å². The van der Waals surface area contributed by atoms with E-state index in [1.165, 1.54) is 22.4 Å². The molecule has 6 heteroatoms. The van der Waals surface area contributed by atoms with Crippen molar-refractivity contribution < 1.29 is 13.9 Å². The van der Waals surface area contributed by atoms with Crippen molar-refractivity contribution in [1.29, 1.82) is 0 Å². The van der Waals surface area contributed by atoms with Crippen LogP contribution in [-0.2, 0) is 6.73 Å². The molecule has 134 valence electrons. The fourth-order valence-corrected chi connectivity index (χ4v) is 2.57. The van der Waals surface area contributed by atoms with Gasteiger partial charge in [0.25, 0.3) is 5.91 Å². The highest BCUT2D eigenvalue weighted by Gasteiger charge is 2.12. The van der Waals surface area contributed by atoms with Crippen molar-refractivity contribution in [2.45, 2.75) is 27.5 Å². The molecule has 0 spiro atoms. The van der Waals surface area contributed by atoms with Crippen LogP contribution in [0.3, 0.4) is 0 Å². The first-order valence-electron chi connectivity index (χ1n) is 8.23. The van der Waals surface area contributed by atoms with Gasteiger partial charge in [0.05, 0.1) is 0 Å². The maximum absolute atomic E-state index is 13.3. The summed E-state index contributed by atoms with van der Waals surface area (Å²) in [7, 11) is 0. The summed E-state index contributed by atoms with van der Waals surface area (Å²) in [6, 6.07) is 11.8. The molecule has 5 nitrogen and oxygen atoms in total. The van der Waals surface area contributed by atoms with Gasteiger partial charge in [-0.2, -0.15) is 5.10 Å². The van der Waals surface area contributed by atoms with Crippen molar-refractivity contribution >= 4 is 11.6 Å². The van der Waals surface area contributed by atoms with E-state index >= 15 is 0 Å². The fraction of sp³-hybridized carbons (Fsp3) is 0.200. The number of carbonyl (C=O) groups excluding carboxylic acids is 1. The van der Waals surface area contributed by atoms with Gasteiger partial charge in [-0.15, -0.1) is 0 Å². The molecule has 0 aliphatic carbocycles. The molecule has 3 rings (SSSR count). The van der Waals surface area contributed by atoms with Crippen LogP contribution in [0, 0.1) is 26.6 Å². The van der Waals surface area contributed by atoms with Crippen molar-refractivity contribution in [2.75, 3.05) is 5.32 Å². The Labute approximate surface area is 151 Å². The molecular weight excluding hydrogens is 333 g/mol. The van der Waals surface area contributed by atoms with Gasteiger partial charge in [0.15, 0.2) is 12.4 Å². The van der Waals surface area contributed by atoms with Crippen molar-refractivity contribution in [2.24, 2.45) is 0 Å². The van der Waals surface area contributed by atoms with Gasteiger partial charge < -0.3 is 10.1 Å². The van der Waals surface area contributed by atoms with Crippen LogP contribution in [0.4, 0.5) is 10.1 Å². The highest BCUT2D eigenvalue weighted by molar-refractivity contribution is 6.03. The Bertz CT molecular complexity index is 950. The number of ether oxygens (including phenoxy) is 1. The summed E-state index contributed by atoms with van der Waals surface area (Å²) in [4.78, 5) is 12.3. The summed E-state index contributed by atoms with van der Waals surface area (Å²) < 4.78 is 20.6. The zero-order valence-corrected chi connectivity index (χ0v) is 14.9. The zero-order valence-electron chi connectivity index (χ0n) is 14.9. The van der Waals surface area contributed by atoms with E-state index in [9.17, 15) is 9.18 Å². The molecule has 0 atom stereocenters. The number of nitrogens with one attached hydrogen (secondary N) is 1. The number of benzene rings is 2. The van der Waals surface area contributed by atoms with Gasteiger partial charge in [-0.3, -0.25) is 4.79 Å². The molecule has 26 heavy (non-hydrogen) atoms. The Hall–Kier alpha value is -3.15. The van der Waals surface area contributed by atoms with E-state index in [2.05, 4.69) is 10.4 Å². The number of aromatic nitrogens is 2. The number of carbonyl (C=O) groups is 1. The molecule has 1 aromatic heterocycles. The largest absolute Gasteiger partial charge is 0.471 e. The first-order chi connectivity index (χ1) is 12.4. The Morgan fingerprint density at radius 2 is 1.92 bits per heavy atom. The van der Waals surface area contributed by atoms with E-state index in [4.69, 9.17) is 4.74 Å². The van der Waals surface area contributed by atoms with Crippen LogP contribution >= 0.6 is 0 Å². The number of nitrogens with zero attached hydrogens (tertiary/aromatic N) is 2. The smallest absolute Gasteiger partial charge is 0.276 e. The number of hydrogen-bond donors (Lipinski definition) is 1. The van der Waals surface area contributed by atoms with Gasteiger partial charge in [-0.25, -0.2) is 9.07 Å². The molecular formula is C20H20FN3O2. The van der Waals surface area contributed by atoms with Gasteiger partial charge in [-0.1, -0.05) is 23.8 Å². The van der Waals surface area contributed by atoms with Crippen molar-refractivity contribution in [1.82, 2.24) is 9.78 Å². The minimum atomic E-state index is -0.404. The van der Waals surface area contributed by atoms with Crippen molar-refractivity contribution in [3.63, 3.8) is 0 Å². The summed E-state index contributed by atoms with van der Waals surface area (Å²) in [5, 5.41) is 6.88. The quantitative estimate of drug-likeness (QED) is 0.746. The molecule has 3 aromatic rings. The molecule has 1 amide bonds. The predicted octanol–water partition coefficient (Wildman–Crippen LogP) is 4.24. The normalized spacial score (nSPS) is 10.6. The summed E-state index contributed by atoms with van der Waals surface area (Å²) in [6.45, 7) is 5.99. The lowest BCUT2D eigenvalue weighted by Crippen LogP contribution is -2.15. The standard InChI is InChI=1S/C20H20FN3O2/c1-13-4-7-19(15(3)10-13)26-12-24-9-8-17(23-24)20(25)22-18-11-16(21)6-5-14(18)2/h4-11H,12H2,1-3H3,(H,22,25). The number of rotatable bonds is 5. The van der Waals surface area contributed by atoms with E-state index < -0.39 is 11.7 Å². The average Bonchev–Trinajstić information content (AvgIpc) is 3.06. The molecule has 2 aromatic carbocycles. The summed E-state index contributed by atoms with van der Waals surface area (Å²) >= 11 is 0. The topological polar surface area (TPSA) is 56.1 Å². The van der Waals surface area contributed by atoms with Crippen LogP contribution in [0.25, 0.3) is 0 Å². The van der Waals surface area contributed by atoms with Crippen molar-refractivity contribution in [3.05, 3.63) is 76.9 Å². The minimum absolute atomic E-state index is 0.191. The van der Waals surface area contributed by atoms with E-state index in [1.807, 2.05) is 32.0 Å². The lowest BCUT2D eigenvalue weighted by Gasteiger charge is -2.09. The second kappa shape index (κ2) is 7.39. The molecule has 0 bridgehead atoms. The number of hydrogen-bond acceptors (Lipinski definition) is 3. The van der Waals surface area contributed by atoms with Crippen LogP contribution in [0.15, 0.2) is 48.7 Å². The summed E-state index contributed by atoms with van der Waals surface area (Å²) in [6.07, 6.45) is 1.66. The molecule has 1 N–H and O–H groups in total. The Morgan fingerprint density at radius 3 is 2.69 bits per heavy atom. The van der Waals surface area contributed by atoms with Crippen LogP contribution < -0.4 is 10.1 Å². The van der Waals surface area contributed by atoms with Gasteiger partial charge >= 0.3 is 0 Å². The van der Waals surface area contributed by atoms with Crippen LogP contribution in [0.2, 0.25) is 0 Å². The van der Waals surface area contributed by atoms with Crippen molar-refractivity contribution in [3.8, 4) is 5.75 Å². The predicted molar refractivity (Wildman–Crippen MR) is 97.9 cm³/mol.